The Morgan fingerprint density at radius 1 is 0.952 bits per heavy atom. The summed E-state index contributed by atoms with van der Waals surface area (Å²) in [6.07, 6.45) is 1.10. The van der Waals surface area contributed by atoms with Crippen LogP contribution in [-0.2, 0) is 6.42 Å². The lowest BCUT2D eigenvalue weighted by atomic mass is 9.94. The zero-order valence-corrected chi connectivity index (χ0v) is 12.5. The van der Waals surface area contributed by atoms with E-state index < -0.39 is 0 Å². The molecule has 1 unspecified atom stereocenters. The molecule has 0 amide bonds. The number of nitrogens with one attached hydrogen (secondary N) is 2. The Morgan fingerprint density at radius 3 is 2.52 bits per heavy atom. The minimum Gasteiger partial charge on any atom is -0.357 e. The molecule has 21 heavy (non-hydrogen) atoms. The van der Waals surface area contributed by atoms with Crippen molar-refractivity contribution >= 4 is 10.9 Å². The highest BCUT2D eigenvalue weighted by Crippen LogP contribution is 2.33. The molecule has 4 rings (SSSR count). The van der Waals surface area contributed by atoms with Crippen LogP contribution in [0.3, 0.4) is 0 Å². The molecule has 1 atom stereocenters. The zero-order chi connectivity index (χ0) is 14.4. The summed E-state index contributed by atoms with van der Waals surface area (Å²) < 4.78 is 0. The Kier molecular flexibility index (Phi) is 2.86. The number of aromatic nitrogens is 1. The van der Waals surface area contributed by atoms with Crippen LogP contribution >= 0.6 is 0 Å². The Morgan fingerprint density at radius 2 is 1.71 bits per heavy atom. The number of hydrogen-bond acceptors (Lipinski definition) is 1. The molecule has 1 aromatic heterocycles. The van der Waals surface area contributed by atoms with Gasteiger partial charge in [-0.2, -0.15) is 0 Å². The predicted octanol–water partition coefficient (Wildman–Crippen LogP) is 4.02. The molecule has 0 aliphatic carbocycles. The standard InChI is InChI=1S/C19H20N2/c1-12-3-6-14(7-4-12)18-19-15(9-10-20-18)16-11-13(2)5-8-17(16)21-19/h3-8,11,18,20-21H,9-10H2,1-2H3. The third-order valence-electron chi connectivity index (χ3n) is 4.52. The maximum absolute atomic E-state index is 3.66. The average molecular weight is 276 g/mol. The van der Waals surface area contributed by atoms with Crippen molar-refractivity contribution in [1.82, 2.24) is 10.3 Å². The molecular weight excluding hydrogens is 256 g/mol. The number of hydrogen-bond donors (Lipinski definition) is 2. The van der Waals surface area contributed by atoms with Crippen LogP contribution < -0.4 is 5.32 Å². The Labute approximate surface area is 125 Å². The van der Waals surface area contributed by atoms with Gasteiger partial charge in [0.1, 0.15) is 0 Å². The van der Waals surface area contributed by atoms with Crippen molar-refractivity contribution in [1.29, 1.82) is 0 Å². The first-order valence-corrected chi connectivity index (χ1v) is 7.63. The number of H-pyrrole nitrogens is 1. The van der Waals surface area contributed by atoms with Crippen molar-refractivity contribution in [3.05, 3.63) is 70.4 Å². The first-order valence-electron chi connectivity index (χ1n) is 7.63. The largest absolute Gasteiger partial charge is 0.357 e. The van der Waals surface area contributed by atoms with Crippen LogP contribution in [0.25, 0.3) is 10.9 Å². The summed E-state index contributed by atoms with van der Waals surface area (Å²) in [6.45, 7) is 5.33. The van der Waals surface area contributed by atoms with Crippen molar-refractivity contribution in [3.63, 3.8) is 0 Å². The minimum atomic E-state index is 0.280. The van der Waals surface area contributed by atoms with Gasteiger partial charge in [-0.15, -0.1) is 0 Å². The SMILES string of the molecule is Cc1ccc(C2NCCc3c2[nH]c2ccc(C)cc32)cc1. The summed E-state index contributed by atoms with van der Waals surface area (Å²) in [5.41, 5.74) is 8.05. The van der Waals surface area contributed by atoms with Gasteiger partial charge in [-0.25, -0.2) is 0 Å². The number of rotatable bonds is 1. The number of fused-ring (bicyclic) bond motifs is 3. The van der Waals surface area contributed by atoms with Crippen LogP contribution in [0.4, 0.5) is 0 Å². The van der Waals surface area contributed by atoms with Gasteiger partial charge >= 0.3 is 0 Å². The second kappa shape index (κ2) is 4.74. The van der Waals surface area contributed by atoms with E-state index >= 15 is 0 Å². The molecule has 2 aromatic carbocycles. The number of aromatic amines is 1. The van der Waals surface area contributed by atoms with E-state index in [-0.39, 0.29) is 6.04 Å². The Hall–Kier alpha value is -2.06. The molecule has 0 bridgehead atoms. The molecule has 2 heterocycles. The van der Waals surface area contributed by atoms with Gasteiger partial charge in [0.05, 0.1) is 6.04 Å². The van der Waals surface area contributed by atoms with E-state index in [2.05, 4.69) is 66.6 Å². The second-order valence-electron chi connectivity index (χ2n) is 6.11. The van der Waals surface area contributed by atoms with Gasteiger partial charge in [0.2, 0.25) is 0 Å². The summed E-state index contributed by atoms with van der Waals surface area (Å²) in [5, 5.41) is 5.05. The van der Waals surface area contributed by atoms with Crippen LogP contribution in [0, 0.1) is 13.8 Å². The van der Waals surface area contributed by atoms with Gasteiger partial charge < -0.3 is 10.3 Å². The maximum atomic E-state index is 3.66. The van der Waals surface area contributed by atoms with E-state index in [4.69, 9.17) is 0 Å². The predicted molar refractivity (Wildman–Crippen MR) is 87.8 cm³/mol. The quantitative estimate of drug-likeness (QED) is 0.690. The summed E-state index contributed by atoms with van der Waals surface area (Å²) in [6, 6.07) is 15.8. The first-order chi connectivity index (χ1) is 10.2. The smallest absolute Gasteiger partial charge is 0.0732 e. The van der Waals surface area contributed by atoms with Crippen molar-refractivity contribution < 1.29 is 0 Å². The fourth-order valence-electron chi connectivity index (χ4n) is 3.39. The van der Waals surface area contributed by atoms with Crippen molar-refractivity contribution in [2.45, 2.75) is 26.3 Å². The highest BCUT2D eigenvalue weighted by Gasteiger charge is 2.24. The van der Waals surface area contributed by atoms with Crippen LogP contribution in [0.1, 0.15) is 34.0 Å². The van der Waals surface area contributed by atoms with E-state index in [0.717, 1.165) is 13.0 Å². The van der Waals surface area contributed by atoms with Gasteiger partial charge in [0.25, 0.3) is 0 Å². The molecule has 2 nitrogen and oxygen atoms in total. The Bertz CT molecular complexity index is 796. The van der Waals surface area contributed by atoms with E-state index in [9.17, 15) is 0 Å². The molecule has 0 radical (unpaired) electrons. The third kappa shape index (κ3) is 2.07. The van der Waals surface area contributed by atoms with E-state index in [1.54, 1.807) is 0 Å². The molecule has 0 fully saturated rings. The summed E-state index contributed by atoms with van der Waals surface area (Å²) in [7, 11) is 0. The Balaban J connectivity index is 1.88. The van der Waals surface area contributed by atoms with Crippen LogP contribution in [-0.4, -0.2) is 11.5 Å². The van der Waals surface area contributed by atoms with Gasteiger partial charge in [0.15, 0.2) is 0 Å². The summed E-state index contributed by atoms with van der Waals surface area (Å²) in [4.78, 5) is 3.64. The third-order valence-corrected chi connectivity index (χ3v) is 4.52. The molecule has 1 aliphatic rings. The van der Waals surface area contributed by atoms with Crippen LogP contribution in [0.2, 0.25) is 0 Å². The topological polar surface area (TPSA) is 27.8 Å². The lowest BCUT2D eigenvalue weighted by molar-refractivity contribution is 0.560. The summed E-state index contributed by atoms with van der Waals surface area (Å²) in [5.74, 6) is 0. The lowest BCUT2D eigenvalue weighted by Gasteiger charge is -2.25. The lowest BCUT2D eigenvalue weighted by Crippen LogP contribution is -2.30. The fourth-order valence-corrected chi connectivity index (χ4v) is 3.39. The first kappa shape index (κ1) is 12.7. The highest BCUT2D eigenvalue weighted by atomic mass is 15.0. The van der Waals surface area contributed by atoms with E-state index in [1.807, 2.05) is 0 Å². The van der Waals surface area contributed by atoms with Gasteiger partial charge in [-0.1, -0.05) is 41.5 Å². The van der Waals surface area contributed by atoms with E-state index in [0.29, 0.717) is 0 Å². The zero-order valence-electron chi connectivity index (χ0n) is 12.5. The van der Waals surface area contributed by atoms with Crippen molar-refractivity contribution in [2.75, 3.05) is 6.54 Å². The monoisotopic (exact) mass is 276 g/mol. The van der Waals surface area contributed by atoms with E-state index in [1.165, 1.54) is 38.9 Å². The number of aryl methyl sites for hydroxylation is 2. The van der Waals surface area contributed by atoms with Gasteiger partial charge in [0, 0.05) is 23.1 Å². The number of benzene rings is 2. The molecule has 106 valence electrons. The molecule has 2 N–H and O–H groups in total. The molecule has 0 spiro atoms. The molecule has 2 heteroatoms. The van der Waals surface area contributed by atoms with Crippen LogP contribution in [0.15, 0.2) is 42.5 Å². The highest BCUT2D eigenvalue weighted by molar-refractivity contribution is 5.86. The second-order valence-corrected chi connectivity index (χ2v) is 6.11. The normalized spacial score (nSPS) is 17.9. The summed E-state index contributed by atoms with van der Waals surface area (Å²) >= 11 is 0. The van der Waals surface area contributed by atoms with Gasteiger partial charge in [-0.3, -0.25) is 0 Å². The van der Waals surface area contributed by atoms with Crippen molar-refractivity contribution in [3.8, 4) is 0 Å². The average Bonchev–Trinajstić information content (AvgIpc) is 2.86. The van der Waals surface area contributed by atoms with Crippen LogP contribution in [0.5, 0.6) is 0 Å². The fraction of sp³-hybridized carbons (Fsp3) is 0.263. The molecule has 1 aliphatic heterocycles. The maximum Gasteiger partial charge on any atom is 0.0732 e. The molecular formula is C19H20N2. The molecule has 0 saturated heterocycles. The van der Waals surface area contributed by atoms with Gasteiger partial charge in [-0.05, 0) is 43.5 Å². The molecule has 3 aromatic rings. The minimum absolute atomic E-state index is 0.280. The van der Waals surface area contributed by atoms with Crippen molar-refractivity contribution in [2.24, 2.45) is 0 Å². The molecule has 0 saturated carbocycles.